The maximum Gasteiger partial charge on any atom is 0.0587 e. The molecule has 1 unspecified atom stereocenters. The van der Waals surface area contributed by atoms with Crippen molar-refractivity contribution in [3.8, 4) is 0 Å². The van der Waals surface area contributed by atoms with E-state index in [1.165, 1.54) is 24.0 Å². The van der Waals surface area contributed by atoms with Crippen molar-refractivity contribution in [2.75, 3.05) is 20.3 Å². The van der Waals surface area contributed by atoms with Crippen LogP contribution < -0.4 is 5.32 Å². The lowest BCUT2D eigenvalue weighted by Crippen LogP contribution is -2.28. The van der Waals surface area contributed by atoms with Gasteiger partial charge in [-0.2, -0.15) is 0 Å². The Morgan fingerprint density at radius 2 is 2.38 bits per heavy atom. The molecule has 88 valence electrons. The largest absolute Gasteiger partial charge is 0.383 e. The summed E-state index contributed by atoms with van der Waals surface area (Å²) in [6.07, 6.45) is 3.51. The van der Waals surface area contributed by atoms with Crippen LogP contribution in [0.4, 0.5) is 0 Å². The summed E-state index contributed by atoms with van der Waals surface area (Å²) in [6, 6.07) is 6.65. The summed E-state index contributed by atoms with van der Waals surface area (Å²) in [5.41, 5.74) is 2.69. The van der Waals surface area contributed by atoms with Gasteiger partial charge in [0.15, 0.2) is 0 Å². The summed E-state index contributed by atoms with van der Waals surface area (Å²) in [5, 5.41) is 4.44. The van der Waals surface area contributed by atoms with Crippen LogP contribution in [0.5, 0.6) is 0 Å². The van der Waals surface area contributed by atoms with Crippen molar-refractivity contribution in [1.82, 2.24) is 5.32 Å². The highest BCUT2D eigenvalue weighted by molar-refractivity contribution is 6.31. The summed E-state index contributed by atoms with van der Waals surface area (Å²) >= 11 is 6.22. The number of methoxy groups -OCH3 is 1. The second kappa shape index (κ2) is 5.67. The first-order chi connectivity index (χ1) is 7.83. The third-order valence-corrected chi connectivity index (χ3v) is 3.50. The molecule has 0 saturated carbocycles. The fourth-order valence-electron chi connectivity index (χ4n) is 2.35. The molecule has 16 heavy (non-hydrogen) atoms. The molecule has 1 aromatic carbocycles. The molecule has 1 atom stereocenters. The fraction of sp³-hybridized carbons (Fsp3) is 0.538. The Kier molecular flexibility index (Phi) is 4.22. The molecule has 1 N–H and O–H groups in total. The van der Waals surface area contributed by atoms with Crippen LogP contribution in [0.2, 0.25) is 5.02 Å². The molecule has 0 aromatic heterocycles. The third kappa shape index (κ3) is 2.57. The highest BCUT2D eigenvalue weighted by atomic mass is 35.5. The second-order valence-electron chi connectivity index (χ2n) is 4.20. The summed E-state index contributed by atoms with van der Waals surface area (Å²) < 4.78 is 5.06. The SMILES string of the molecule is COCCNC1CCCc2c(Cl)cccc21. The average molecular weight is 240 g/mol. The molecule has 0 bridgehead atoms. The van der Waals surface area contributed by atoms with Gasteiger partial charge >= 0.3 is 0 Å². The van der Waals surface area contributed by atoms with Gasteiger partial charge in [0.25, 0.3) is 0 Å². The second-order valence-corrected chi connectivity index (χ2v) is 4.61. The van der Waals surface area contributed by atoms with Crippen LogP contribution in [0.1, 0.15) is 30.0 Å². The van der Waals surface area contributed by atoms with E-state index in [9.17, 15) is 0 Å². The molecule has 2 rings (SSSR count). The van der Waals surface area contributed by atoms with Crippen LogP contribution >= 0.6 is 11.6 Å². The summed E-state index contributed by atoms with van der Waals surface area (Å²) in [4.78, 5) is 0. The van der Waals surface area contributed by atoms with Gasteiger partial charge in [-0.1, -0.05) is 23.7 Å². The van der Waals surface area contributed by atoms with Crippen molar-refractivity contribution in [1.29, 1.82) is 0 Å². The number of rotatable bonds is 4. The summed E-state index contributed by atoms with van der Waals surface area (Å²) in [6.45, 7) is 1.65. The normalized spacial score (nSPS) is 19.5. The highest BCUT2D eigenvalue weighted by Gasteiger charge is 2.20. The number of hydrogen-bond acceptors (Lipinski definition) is 2. The summed E-state index contributed by atoms with van der Waals surface area (Å²) in [5.74, 6) is 0. The number of fused-ring (bicyclic) bond motifs is 1. The predicted octanol–water partition coefficient (Wildman–Crippen LogP) is 2.95. The molecule has 0 radical (unpaired) electrons. The Hall–Kier alpha value is -0.570. The van der Waals surface area contributed by atoms with Gasteiger partial charge < -0.3 is 10.1 Å². The maximum atomic E-state index is 6.22. The molecule has 1 aromatic rings. The Morgan fingerprint density at radius 1 is 1.50 bits per heavy atom. The smallest absolute Gasteiger partial charge is 0.0587 e. The first-order valence-corrected chi connectivity index (χ1v) is 6.20. The minimum absolute atomic E-state index is 0.442. The van der Waals surface area contributed by atoms with Gasteiger partial charge in [-0.25, -0.2) is 0 Å². The number of benzene rings is 1. The topological polar surface area (TPSA) is 21.3 Å². The Morgan fingerprint density at radius 3 is 3.19 bits per heavy atom. The number of hydrogen-bond donors (Lipinski definition) is 1. The van der Waals surface area contributed by atoms with E-state index in [-0.39, 0.29) is 0 Å². The molecule has 0 spiro atoms. The van der Waals surface area contributed by atoms with Crippen LogP contribution in [0.3, 0.4) is 0 Å². The lowest BCUT2D eigenvalue weighted by Gasteiger charge is -2.27. The van der Waals surface area contributed by atoms with Crippen LogP contribution in [0.15, 0.2) is 18.2 Å². The van der Waals surface area contributed by atoms with Gasteiger partial charge in [-0.15, -0.1) is 0 Å². The van der Waals surface area contributed by atoms with Crippen molar-refractivity contribution in [2.45, 2.75) is 25.3 Å². The van der Waals surface area contributed by atoms with E-state index >= 15 is 0 Å². The van der Waals surface area contributed by atoms with Crippen LogP contribution in [-0.4, -0.2) is 20.3 Å². The molecular formula is C13H18ClNO. The number of nitrogens with one attached hydrogen (secondary N) is 1. The van der Waals surface area contributed by atoms with E-state index in [0.717, 1.165) is 24.6 Å². The van der Waals surface area contributed by atoms with Gasteiger partial charge in [0.2, 0.25) is 0 Å². The first kappa shape index (κ1) is 11.9. The zero-order valence-electron chi connectivity index (χ0n) is 9.63. The molecule has 1 aliphatic carbocycles. The molecule has 0 fully saturated rings. The molecule has 0 saturated heterocycles. The lowest BCUT2D eigenvalue weighted by atomic mass is 9.87. The number of halogens is 1. The summed E-state index contributed by atoms with van der Waals surface area (Å²) in [7, 11) is 1.73. The van der Waals surface area contributed by atoms with Gasteiger partial charge in [0.05, 0.1) is 6.61 Å². The molecule has 3 heteroatoms. The van der Waals surface area contributed by atoms with Crippen molar-refractivity contribution in [3.05, 3.63) is 34.3 Å². The molecule has 2 nitrogen and oxygen atoms in total. The first-order valence-electron chi connectivity index (χ1n) is 5.82. The van der Waals surface area contributed by atoms with Crippen LogP contribution in [0, 0.1) is 0 Å². The highest BCUT2D eigenvalue weighted by Crippen LogP contribution is 2.33. The van der Waals surface area contributed by atoms with Gasteiger partial charge in [-0.3, -0.25) is 0 Å². The van der Waals surface area contributed by atoms with Crippen molar-refractivity contribution in [3.63, 3.8) is 0 Å². The minimum atomic E-state index is 0.442. The average Bonchev–Trinajstić information content (AvgIpc) is 2.31. The monoisotopic (exact) mass is 239 g/mol. The quantitative estimate of drug-likeness (QED) is 0.816. The van der Waals surface area contributed by atoms with E-state index in [0.29, 0.717) is 6.04 Å². The minimum Gasteiger partial charge on any atom is -0.383 e. The van der Waals surface area contributed by atoms with E-state index in [4.69, 9.17) is 16.3 Å². The zero-order valence-corrected chi connectivity index (χ0v) is 10.4. The fourth-order valence-corrected chi connectivity index (χ4v) is 2.63. The van der Waals surface area contributed by atoms with Crippen molar-refractivity contribution < 1.29 is 4.74 Å². The van der Waals surface area contributed by atoms with E-state index in [2.05, 4.69) is 11.4 Å². The van der Waals surface area contributed by atoms with Crippen molar-refractivity contribution >= 4 is 11.6 Å². The molecule has 1 aliphatic rings. The van der Waals surface area contributed by atoms with Crippen LogP contribution in [0.25, 0.3) is 0 Å². The molecule has 0 amide bonds. The number of ether oxygens (including phenoxy) is 1. The van der Waals surface area contributed by atoms with E-state index in [1.54, 1.807) is 7.11 Å². The van der Waals surface area contributed by atoms with Crippen LogP contribution in [-0.2, 0) is 11.2 Å². The third-order valence-electron chi connectivity index (χ3n) is 3.15. The van der Waals surface area contributed by atoms with Gasteiger partial charge in [0, 0.05) is 24.7 Å². The standard InChI is InChI=1S/C13H18ClNO/c1-16-9-8-15-13-7-3-4-10-11(13)5-2-6-12(10)14/h2,5-6,13,15H,3-4,7-9H2,1H3. The van der Waals surface area contributed by atoms with Gasteiger partial charge in [-0.05, 0) is 36.5 Å². The van der Waals surface area contributed by atoms with Gasteiger partial charge in [0.1, 0.15) is 0 Å². The Labute approximate surface area is 102 Å². The van der Waals surface area contributed by atoms with Crippen molar-refractivity contribution in [2.24, 2.45) is 0 Å². The molecule has 0 aliphatic heterocycles. The van der Waals surface area contributed by atoms with E-state index < -0.39 is 0 Å². The molecule has 0 heterocycles. The lowest BCUT2D eigenvalue weighted by molar-refractivity contribution is 0.194. The predicted molar refractivity (Wildman–Crippen MR) is 67.0 cm³/mol. The Bertz CT molecular complexity index is 354. The zero-order chi connectivity index (χ0) is 11.4. The maximum absolute atomic E-state index is 6.22. The van der Waals surface area contributed by atoms with E-state index in [1.807, 2.05) is 12.1 Å². The Balaban J connectivity index is 2.10. The molecular weight excluding hydrogens is 222 g/mol.